The molecule has 0 saturated carbocycles. The number of amides is 1. The number of ether oxygens (including phenoxy) is 1. The van der Waals surface area contributed by atoms with Crippen LogP contribution in [0.4, 0.5) is 0 Å². The van der Waals surface area contributed by atoms with E-state index < -0.39 is 0 Å². The molecule has 0 radical (unpaired) electrons. The lowest BCUT2D eigenvalue weighted by atomic mass is 10.1. The predicted molar refractivity (Wildman–Crippen MR) is 131 cm³/mol. The molecule has 1 fully saturated rings. The molecule has 1 atom stereocenters. The summed E-state index contributed by atoms with van der Waals surface area (Å²) in [7, 11) is 1.66. The number of hydrogen-bond acceptors (Lipinski definition) is 5. The molecule has 33 heavy (non-hydrogen) atoms. The Labute approximate surface area is 197 Å². The maximum Gasteiger partial charge on any atom is 0.223 e. The Hall–Kier alpha value is -3.19. The molecule has 6 nitrogen and oxygen atoms in total. The van der Waals surface area contributed by atoms with Gasteiger partial charge in [-0.3, -0.25) is 4.79 Å². The second-order valence-electron chi connectivity index (χ2n) is 8.53. The molecular formula is C26H28N4O2S. The Morgan fingerprint density at radius 2 is 2.03 bits per heavy atom. The van der Waals surface area contributed by atoms with Gasteiger partial charge in [0.05, 0.1) is 34.7 Å². The average molecular weight is 461 g/mol. The summed E-state index contributed by atoms with van der Waals surface area (Å²) in [5, 5.41) is 5.80. The summed E-state index contributed by atoms with van der Waals surface area (Å²) in [6.07, 6.45) is 3.17. The van der Waals surface area contributed by atoms with E-state index in [2.05, 4.69) is 13.0 Å². The van der Waals surface area contributed by atoms with E-state index in [0.29, 0.717) is 12.8 Å². The Morgan fingerprint density at radius 3 is 2.85 bits per heavy atom. The first-order valence-electron chi connectivity index (χ1n) is 11.4. The number of hydrogen-bond donors (Lipinski definition) is 0. The highest BCUT2D eigenvalue weighted by atomic mass is 32.1. The van der Waals surface area contributed by atoms with Gasteiger partial charge in [-0.15, -0.1) is 11.3 Å². The van der Waals surface area contributed by atoms with Crippen molar-refractivity contribution in [3.8, 4) is 11.4 Å². The van der Waals surface area contributed by atoms with Gasteiger partial charge in [0.15, 0.2) is 0 Å². The third kappa shape index (κ3) is 4.13. The normalized spacial score (nSPS) is 16.0. The van der Waals surface area contributed by atoms with Crippen LogP contribution >= 0.6 is 11.3 Å². The van der Waals surface area contributed by atoms with Crippen molar-refractivity contribution in [3.05, 3.63) is 70.5 Å². The zero-order valence-electron chi connectivity index (χ0n) is 19.2. The summed E-state index contributed by atoms with van der Waals surface area (Å²) in [5.74, 6) is 0.997. The predicted octanol–water partition coefficient (Wildman–Crippen LogP) is 5.40. The van der Waals surface area contributed by atoms with E-state index >= 15 is 0 Å². The Kier molecular flexibility index (Phi) is 5.89. The number of thiazole rings is 1. The van der Waals surface area contributed by atoms with Crippen molar-refractivity contribution in [2.75, 3.05) is 13.7 Å². The van der Waals surface area contributed by atoms with Crippen LogP contribution < -0.4 is 4.74 Å². The van der Waals surface area contributed by atoms with Gasteiger partial charge >= 0.3 is 0 Å². The number of nitrogens with zero attached hydrogens (tertiary/aromatic N) is 4. The number of para-hydroxylation sites is 1. The second-order valence-corrected chi connectivity index (χ2v) is 9.59. The third-order valence-electron chi connectivity index (χ3n) is 6.50. The number of carbonyl (C=O) groups excluding carboxylic acids is 1. The zero-order valence-corrected chi connectivity index (χ0v) is 20.1. The second kappa shape index (κ2) is 8.98. The number of methoxy groups -OCH3 is 1. The molecule has 2 aromatic heterocycles. The Bertz CT molecular complexity index is 1280. The molecule has 0 aliphatic carbocycles. The number of likely N-dealkylation sites (tertiary alicyclic amines) is 1. The van der Waals surface area contributed by atoms with Gasteiger partial charge in [0.25, 0.3) is 0 Å². The minimum atomic E-state index is 0.0941. The molecule has 7 heteroatoms. The van der Waals surface area contributed by atoms with E-state index in [-0.39, 0.29) is 11.9 Å². The van der Waals surface area contributed by atoms with E-state index in [1.807, 2.05) is 59.0 Å². The smallest absolute Gasteiger partial charge is 0.223 e. The van der Waals surface area contributed by atoms with Gasteiger partial charge in [-0.05, 0) is 62.9 Å². The first kappa shape index (κ1) is 21.6. The summed E-state index contributed by atoms with van der Waals surface area (Å²) in [6.45, 7) is 4.89. The van der Waals surface area contributed by atoms with Gasteiger partial charge in [0, 0.05) is 24.7 Å². The van der Waals surface area contributed by atoms with Gasteiger partial charge in [-0.1, -0.05) is 18.2 Å². The molecular weight excluding hydrogens is 432 g/mol. The largest absolute Gasteiger partial charge is 0.497 e. The first-order chi connectivity index (χ1) is 16.0. The lowest BCUT2D eigenvalue weighted by Crippen LogP contribution is -2.30. The number of carbonyl (C=O) groups is 1. The van der Waals surface area contributed by atoms with Crippen molar-refractivity contribution in [2.45, 2.75) is 45.6 Å². The molecule has 0 bridgehead atoms. The van der Waals surface area contributed by atoms with E-state index in [1.54, 1.807) is 18.4 Å². The van der Waals surface area contributed by atoms with Crippen LogP contribution in [0.25, 0.3) is 15.9 Å². The highest BCUT2D eigenvalue weighted by Gasteiger charge is 2.32. The summed E-state index contributed by atoms with van der Waals surface area (Å²) in [5.41, 5.74) is 5.16. The van der Waals surface area contributed by atoms with Crippen molar-refractivity contribution in [1.29, 1.82) is 0 Å². The highest BCUT2D eigenvalue weighted by molar-refractivity contribution is 7.18. The maximum atomic E-state index is 13.3. The highest BCUT2D eigenvalue weighted by Crippen LogP contribution is 2.37. The lowest BCUT2D eigenvalue weighted by Gasteiger charge is -2.23. The van der Waals surface area contributed by atoms with Gasteiger partial charge in [0.1, 0.15) is 10.8 Å². The lowest BCUT2D eigenvalue weighted by molar-refractivity contribution is -0.132. The van der Waals surface area contributed by atoms with Crippen LogP contribution in [0.5, 0.6) is 5.75 Å². The van der Waals surface area contributed by atoms with E-state index in [1.165, 1.54) is 4.70 Å². The van der Waals surface area contributed by atoms with Gasteiger partial charge in [-0.2, -0.15) is 5.10 Å². The molecule has 5 rings (SSSR count). The summed E-state index contributed by atoms with van der Waals surface area (Å²) < 4.78 is 8.48. The SMILES string of the molecule is COc1cccc(-n2nc(C)c(CCC(=O)N3CCCC3c3nc4ccccc4s3)c2C)c1. The minimum absolute atomic E-state index is 0.0941. The van der Waals surface area contributed by atoms with Crippen molar-refractivity contribution in [3.63, 3.8) is 0 Å². The zero-order chi connectivity index (χ0) is 22.9. The monoisotopic (exact) mass is 460 g/mol. The summed E-state index contributed by atoms with van der Waals surface area (Å²) in [6, 6.07) is 16.2. The molecule has 1 amide bonds. The molecule has 4 aromatic rings. The Morgan fingerprint density at radius 1 is 1.18 bits per heavy atom. The molecule has 2 aromatic carbocycles. The third-order valence-corrected chi connectivity index (χ3v) is 7.63. The van der Waals surface area contributed by atoms with Crippen molar-refractivity contribution in [2.24, 2.45) is 0 Å². The fourth-order valence-electron chi connectivity index (χ4n) is 4.76. The van der Waals surface area contributed by atoms with Gasteiger partial charge in [0.2, 0.25) is 5.91 Å². The molecule has 170 valence electrons. The number of rotatable bonds is 6. The summed E-state index contributed by atoms with van der Waals surface area (Å²) >= 11 is 1.71. The van der Waals surface area contributed by atoms with Crippen LogP contribution in [0.2, 0.25) is 0 Å². The van der Waals surface area contributed by atoms with Crippen LogP contribution in [0.15, 0.2) is 48.5 Å². The topological polar surface area (TPSA) is 60.3 Å². The molecule has 3 heterocycles. The first-order valence-corrected chi connectivity index (χ1v) is 12.2. The van der Waals surface area contributed by atoms with Crippen molar-refractivity contribution >= 4 is 27.5 Å². The van der Waals surface area contributed by atoms with E-state index in [0.717, 1.165) is 58.3 Å². The summed E-state index contributed by atoms with van der Waals surface area (Å²) in [4.78, 5) is 20.1. The van der Waals surface area contributed by atoms with E-state index in [9.17, 15) is 4.79 Å². The molecule has 1 saturated heterocycles. The van der Waals surface area contributed by atoms with E-state index in [4.69, 9.17) is 14.8 Å². The van der Waals surface area contributed by atoms with Crippen LogP contribution in [-0.2, 0) is 11.2 Å². The molecule has 0 N–H and O–H groups in total. The van der Waals surface area contributed by atoms with Crippen molar-refractivity contribution < 1.29 is 9.53 Å². The molecule has 0 spiro atoms. The van der Waals surface area contributed by atoms with Gasteiger partial charge < -0.3 is 9.64 Å². The van der Waals surface area contributed by atoms with Crippen LogP contribution in [0, 0.1) is 13.8 Å². The molecule has 1 aliphatic rings. The van der Waals surface area contributed by atoms with Crippen LogP contribution in [0.3, 0.4) is 0 Å². The average Bonchev–Trinajstić information content (AvgIpc) is 3.55. The number of fused-ring (bicyclic) bond motifs is 1. The number of aromatic nitrogens is 3. The van der Waals surface area contributed by atoms with Crippen molar-refractivity contribution in [1.82, 2.24) is 19.7 Å². The Balaban J connectivity index is 1.32. The van der Waals surface area contributed by atoms with Gasteiger partial charge in [-0.25, -0.2) is 9.67 Å². The quantitative estimate of drug-likeness (QED) is 0.386. The minimum Gasteiger partial charge on any atom is -0.497 e. The maximum absolute atomic E-state index is 13.3. The number of benzene rings is 2. The standard InChI is InChI=1S/C26H28N4O2S/c1-17-21(18(2)30(28-17)19-8-6-9-20(16-19)32-3)13-14-25(31)29-15-7-11-23(29)26-27-22-10-4-5-12-24(22)33-26/h4-6,8-10,12,16,23H,7,11,13-15H2,1-3H3. The van der Waals surface area contributed by atoms with Crippen LogP contribution in [0.1, 0.15) is 47.3 Å². The number of aryl methyl sites for hydroxylation is 1. The fraction of sp³-hybridized carbons (Fsp3) is 0.346. The van der Waals surface area contributed by atoms with Crippen LogP contribution in [-0.4, -0.2) is 39.2 Å². The molecule has 1 aliphatic heterocycles. The molecule has 1 unspecified atom stereocenters. The fourth-order valence-corrected chi connectivity index (χ4v) is 5.88.